The summed E-state index contributed by atoms with van der Waals surface area (Å²) in [6.45, 7) is 0.824. The molecule has 4 nitrogen and oxygen atoms in total. The Morgan fingerprint density at radius 1 is 1.30 bits per heavy atom. The lowest BCUT2D eigenvalue weighted by Gasteiger charge is -2.26. The summed E-state index contributed by atoms with van der Waals surface area (Å²) < 4.78 is 10.9. The zero-order chi connectivity index (χ0) is 14.1. The molecule has 1 atom stereocenters. The number of hydrogen-bond acceptors (Lipinski definition) is 4. The van der Waals surface area contributed by atoms with Gasteiger partial charge in [0.05, 0.1) is 14.2 Å². The summed E-state index contributed by atoms with van der Waals surface area (Å²) in [6.07, 6.45) is 2.09. The van der Waals surface area contributed by atoms with Crippen molar-refractivity contribution < 1.29 is 14.3 Å². The number of methoxy groups -OCH3 is 2. The van der Waals surface area contributed by atoms with E-state index in [0.717, 1.165) is 42.2 Å². The number of para-hydroxylation sites is 1. The maximum atomic E-state index is 12.4. The van der Waals surface area contributed by atoms with Crippen molar-refractivity contribution in [1.82, 2.24) is 4.90 Å². The Kier molecular flexibility index (Phi) is 3.78. The molecule has 1 amide bonds. The van der Waals surface area contributed by atoms with E-state index in [1.54, 1.807) is 26.0 Å². The Morgan fingerprint density at radius 2 is 2.10 bits per heavy atom. The zero-order valence-corrected chi connectivity index (χ0v) is 12.6. The van der Waals surface area contributed by atoms with Crippen molar-refractivity contribution in [2.24, 2.45) is 5.92 Å². The van der Waals surface area contributed by atoms with Crippen LogP contribution in [-0.4, -0.2) is 37.3 Å². The molecule has 0 radical (unpaired) electrons. The lowest BCUT2D eigenvalue weighted by molar-refractivity contribution is -0.132. The fourth-order valence-electron chi connectivity index (χ4n) is 2.62. The lowest BCUT2D eigenvalue weighted by atomic mass is 10.1. The van der Waals surface area contributed by atoms with E-state index in [2.05, 4.69) is 0 Å². The maximum absolute atomic E-state index is 12.4. The van der Waals surface area contributed by atoms with Crippen LogP contribution in [0.3, 0.4) is 0 Å². The van der Waals surface area contributed by atoms with Crippen LogP contribution >= 0.6 is 11.8 Å². The Hall–Kier alpha value is -1.36. The van der Waals surface area contributed by atoms with Crippen LogP contribution in [0, 0.1) is 5.92 Å². The van der Waals surface area contributed by atoms with Gasteiger partial charge in [0, 0.05) is 23.8 Å². The molecule has 20 heavy (non-hydrogen) atoms. The summed E-state index contributed by atoms with van der Waals surface area (Å²) >= 11 is 1.80. The monoisotopic (exact) mass is 293 g/mol. The van der Waals surface area contributed by atoms with E-state index in [1.807, 2.05) is 23.1 Å². The SMILES string of the molecule is COc1cccc(C2SCCN2C(=O)C2CC2)c1OC. The number of hydrogen-bond donors (Lipinski definition) is 0. The number of thioether (sulfide) groups is 1. The number of ether oxygens (including phenoxy) is 2. The molecule has 1 saturated heterocycles. The van der Waals surface area contributed by atoms with Crippen LogP contribution in [0.5, 0.6) is 11.5 Å². The van der Waals surface area contributed by atoms with Crippen molar-refractivity contribution in [2.75, 3.05) is 26.5 Å². The molecular weight excluding hydrogens is 274 g/mol. The number of benzene rings is 1. The minimum Gasteiger partial charge on any atom is -0.493 e. The molecule has 1 aliphatic carbocycles. The van der Waals surface area contributed by atoms with Gasteiger partial charge in [-0.1, -0.05) is 12.1 Å². The minimum absolute atomic E-state index is 0.0492. The third-order valence-corrected chi connectivity index (χ3v) is 5.04. The Labute approximate surface area is 123 Å². The first-order chi connectivity index (χ1) is 9.76. The first-order valence-electron chi connectivity index (χ1n) is 6.89. The van der Waals surface area contributed by atoms with E-state index >= 15 is 0 Å². The standard InChI is InChI=1S/C15H19NO3S/c1-18-12-5-3-4-11(13(12)19-2)15-16(8-9-20-15)14(17)10-6-7-10/h3-5,10,15H,6-9H2,1-2H3. The van der Waals surface area contributed by atoms with Gasteiger partial charge in [-0.3, -0.25) is 4.79 Å². The molecule has 2 fully saturated rings. The second kappa shape index (κ2) is 5.56. The highest BCUT2D eigenvalue weighted by Gasteiger charge is 2.40. The third kappa shape index (κ3) is 2.35. The minimum atomic E-state index is 0.0492. The predicted octanol–water partition coefficient (Wildman–Crippen LogP) is 2.69. The molecule has 1 aromatic carbocycles. The van der Waals surface area contributed by atoms with Crippen molar-refractivity contribution in [3.63, 3.8) is 0 Å². The molecule has 3 rings (SSSR count). The molecule has 2 aliphatic rings. The molecule has 1 unspecified atom stereocenters. The first-order valence-corrected chi connectivity index (χ1v) is 7.94. The molecule has 1 saturated carbocycles. The lowest BCUT2D eigenvalue weighted by Crippen LogP contribution is -2.31. The van der Waals surface area contributed by atoms with Crippen LogP contribution < -0.4 is 9.47 Å². The third-order valence-electron chi connectivity index (χ3n) is 3.80. The van der Waals surface area contributed by atoms with Crippen LogP contribution in [-0.2, 0) is 4.79 Å². The largest absolute Gasteiger partial charge is 0.493 e. The van der Waals surface area contributed by atoms with Gasteiger partial charge >= 0.3 is 0 Å². The van der Waals surface area contributed by atoms with Crippen molar-refractivity contribution in [1.29, 1.82) is 0 Å². The summed E-state index contributed by atoms with van der Waals surface area (Å²) in [5.74, 6) is 2.99. The van der Waals surface area contributed by atoms with Crippen molar-refractivity contribution in [2.45, 2.75) is 18.2 Å². The van der Waals surface area contributed by atoms with E-state index in [-0.39, 0.29) is 11.3 Å². The average molecular weight is 293 g/mol. The molecule has 0 spiro atoms. The van der Waals surface area contributed by atoms with Gasteiger partial charge in [-0.05, 0) is 18.9 Å². The zero-order valence-electron chi connectivity index (χ0n) is 11.8. The molecule has 5 heteroatoms. The maximum Gasteiger partial charge on any atom is 0.226 e. The molecular formula is C15H19NO3S. The van der Waals surface area contributed by atoms with Crippen LogP contribution in [0.2, 0.25) is 0 Å². The Bertz CT molecular complexity index is 516. The van der Waals surface area contributed by atoms with Crippen LogP contribution in [0.1, 0.15) is 23.8 Å². The second-order valence-corrected chi connectivity index (χ2v) is 6.30. The molecule has 1 aromatic rings. The molecule has 0 N–H and O–H groups in total. The second-order valence-electron chi connectivity index (χ2n) is 5.11. The predicted molar refractivity (Wildman–Crippen MR) is 79.2 cm³/mol. The average Bonchev–Trinajstić information content (AvgIpc) is 3.22. The van der Waals surface area contributed by atoms with E-state index in [1.165, 1.54) is 0 Å². The van der Waals surface area contributed by atoms with Gasteiger partial charge in [-0.25, -0.2) is 0 Å². The highest BCUT2D eigenvalue weighted by molar-refractivity contribution is 7.99. The van der Waals surface area contributed by atoms with Gasteiger partial charge in [-0.15, -0.1) is 11.8 Å². The van der Waals surface area contributed by atoms with E-state index in [0.29, 0.717) is 5.91 Å². The summed E-state index contributed by atoms with van der Waals surface area (Å²) in [4.78, 5) is 14.4. The van der Waals surface area contributed by atoms with Crippen LogP contribution in [0.15, 0.2) is 18.2 Å². The summed E-state index contributed by atoms with van der Waals surface area (Å²) in [5.41, 5.74) is 1.03. The van der Waals surface area contributed by atoms with Crippen molar-refractivity contribution >= 4 is 17.7 Å². The molecule has 0 aromatic heterocycles. The highest BCUT2D eigenvalue weighted by Crippen LogP contribution is 2.47. The van der Waals surface area contributed by atoms with Gasteiger partial charge in [0.25, 0.3) is 0 Å². The summed E-state index contributed by atoms with van der Waals surface area (Å²) in [7, 11) is 3.28. The fraction of sp³-hybridized carbons (Fsp3) is 0.533. The van der Waals surface area contributed by atoms with Crippen molar-refractivity contribution in [3.05, 3.63) is 23.8 Å². The quantitative estimate of drug-likeness (QED) is 0.855. The van der Waals surface area contributed by atoms with E-state index in [4.69, 9.17) is 9.47 Å². The number of amides is 1. The summed E-state index contributed by atoms with van der Waals surface area (Å²) in [6, 6.07) is 5.86. The number of carbonyl (C=O) groups excluding carboxylic acids is 1. The molecule has 1 heterocycles. The number of carbonyl (C=O) groups is 1. The fourth-order valence-corrected chi connectivity index (χ4v) is 3.90. The molecule has 0 bridgehead atoms. The van der Waals surface area contributed by atoms with E-state index in [9.17, 15) is 4.79 Å². The van der Waals surface area contributed by atoms with Crippen molar-refractivity contribution in [3.8, 4) is 11.5 Å². The van der Waals surface area contributed by atoms with Gasteiger partial charge in [0.15, 0.2) is 11.5 Å². The topological polar surface area (TPSA) is 38.8 Å². The Morgan fingerprint density at radius 3 is 2.75 bits per heavy atom. The molecule has 108 valence electrons. The van der Waals surface area contributed by atoms with Crippen LogP contribution in [0.4, 0.5) is 0 Å². The molecule has 1 aliphatic heterocycles. The smallest absolute Gasteiger partial charge is 0.226 e. The first kappa shape index (κ1) is 13.6. The highest BCUT2D eigenvalue weighted by atomic mass is 32.2. The van der Waals surface area contributed by atoms with Crippen LogP contribution in [0.25, 0.3) is 0 Å². The van der Waals surface area contributed by atoms with Gasteiger partial charge in [0.1, 0.15) is 5.37 Å². The van der Waals surface area contributed by atoms with E-state index < -0.39 is 0 Å². The van der Waals surface area contributed by atoms with Gasteiger partial charge < -0.3 is 14.4 Å². The Balaban J connectivity index is 1.92. The number of rotatable bonds is 4. The van der Waals surface area contributed by atoms with Gasteiger partial charge in [0.2, 0.25) is 5.91 Å². The normalized spacial score (nSPS) is 21.9. The number of nitrogens with zero attached hydrogens (tertiary/aromatic N) is 1. The van der Waals surface area contributed by atoms with Gasteiger partial charge in [-0.2, -0.15) is 0 Å². The summed E-state index contributed by atoms with van der Waals surface area (Å²) in [5, 5.41) is 0.0492.